The normalized spacial score (nSPS) is 33.5. The van der Waals surface area contributed by atoms with Gasteiger partial charge in [0.2, 0.25) is 0 Å². The van der Waals surface area contributed by atoms with E-state index in [2.05, 4.69) is 11.8 Å². The van der Waals surface area contributed by atoms with Crippen LogP contribution in [-0.4, -0.2) is 60.7 Å². The van der Waals surface area contributed by atoms with Crippen LogP contribution in [0.15, 0.2) is 0 Å². The number of nitrogens with zero attached hydrogens (tertiary/aromatic N) is 1. The Morgan fingerprint density at radius 3 is 2.55 bits per heavy atom. The Bertz CT molecular complexity index is 279. The smallest absolute Gasteiger partial charge is 0.0701 e. The lowest BCUT2D eigenvalue weighted by Gasteiger charge is -2.44. The molecule has 0 aromatic heterocycles. The van der Waals surface area contributed by atoms with Crippen LogP contribution in [0.4, 0.5) is 0 Å². The Hall–Kier alpha value is -0.160. The zero-order valence-corrected chi connectivity index (χ0v) is 12.9. The molecule has 0 aromatic carbocycles. The molecule has 0 bridgehead atoms. The van der Waals surface area contributed by atoms with Crippen LogP contribution >= 0.6 is 0 Å². The maximum absolute atomic E-state index is 9.88. The van der Waals surface area contributed by atoms with Gasteiger partial charge >= 0.3 is 0 Å². The molecule has 2 fully saturated rings. The number of aliphatic hydroxyl groups is 2. The van der Waals surface area contributed by atoms with Gasteiger partial charge < -0.3 is 19.8 Å². The highest BCUT2D eigenvalue weighted by Crippen LogP contribution is 2.40. The summed E-state index contributed by atoms with van der Waals surface area (Å²) in [5, 5.41) is 18.7. The highest BCUT2D eigenvalue weighted by atomic mass is 16.5. The summed E-state index contributed by atoms with van der Waals surface area (Å²) in [5.41, 5.74) is 0.135. The average Bonchev–Trinajstić information content (AvgIpc) is 2.46. The summed E-state index contributed by atoms with van der Waals surface area (Å²) in [6.07, 6.45) is 7.35. The molecule has 2 N–H and O–H groups in total. The van der Waals surface area contributed by atoms with Crippen molar-refractivity contribution in [2.24, 2.45) is 11.3 Å². The van der Waals surface area contributed by atoms with E-state index >= 15 is 0 Å². The SMILES string of the molecule is CC1CCCC(CO)(CN2CCC(OCCO)CC2)C1. The first-order valence-electron chi connectivity index (χ1n) is 8.23. The zero-order valence-electron chi connectivity index (χ0n) is 12.9. The van der Waals surface area contributed by atoms with Crippen molar-refractivity contribution in [3.05, 3.63) is 0 Å². The molecular formula is C16H31NO3. The molecule has 1 heterocycles. The highest BCUT2D eigenvalue weighted by Gasteiger charge is 2.36. The van der Waals surface area contributed by atoms with Gasteiger partial charge in [-0.05, 0) is 31.6 Å². The van der Waals surface area contributed by atoms with E-state index < -0.39 is 0 Å². The largest absolute Gasteiger partial charge is 0.396 e. The topological polar surface area (TPSA) is 52.9 Å². The van der Waals surface area contributed by atoms with Gasteiger partial charge in [0, 0.05) is 31.7 Å². The second kappa shape index (κ2) is 7.74. The first-order chi connectivity index (χ1) is 9.67. The van der Waals surface area contributed by atoms with Crippen LogP contribution in [0.25, 0.3) is 0 Å². The molecule has 2 atom stereocenters. The summed E-state index contributed by atoms with van der Waals surface area (Å²) in [6, 6.07) is 0. The molecule has 0 radical (unpaired) electrons. The number of piperidine rings is 1. The molecule has 0 aromatic rings. The molecular weight excluding hydrogens is 254 g/mol. The monoisotopic (exact) mass is 285 g/mol. The van der Waals surface area contributed by atoms with Crippen LogP contribution in [0.2, 0.25) is 0 Å². The fourth-order valence-corrected chi connectivity index (χ4v) is 4.03. The molecule has 1 aliphatic carbocycles. The van der Waals surface area contributed by atoms with Crippen molar-refractivity contribution in [2.75, 3.05) is 39.5 Å². The maximum Gasteiger partial charge on any atom is 0.0701 e. The van der Waals surface area contributed by atoms with Crippen molar-refractivity contribution < 1.29 is 14.9 Å². The second-order valence-electron chi connectivity index (χ2n) is 6.93. The van der Waals surface area contributed by atoms with Crippen molar-refractivity contribution >= 4 is 0 Å². The van der Waals surface area contributed by atoms with E-state index in [9.17, 15) is 5.11 Å². The third kappa shape index (κ3) is 4.42. The molecule has 118 valence electrons. The van der Waals surface area contributed by atoms with Crippen LogP contribution < -0.4 is 0 Å². The second-order valence-corrected chi connectivity index (χ2v) is 6.93. The molecule has 1 saturated carbocycles. The molecule has 4 nitrogen and oxygen atoms in total. The van der Waals surface area contributed by atoms with Crippen LogP contribution in [0.1, 0.15) is 45.4 Å². The number of hydrogen-bond donors (Lipinski definition) is 2. The lowest BCUT2D eigenvalue weighted by atomic mass is 9.70. The lowest BCUT2D eigenvalue weighted by molar-refractivity contribution is -0.0289. The maximum atomic E-state index is 9.88. The van der Waals surface area contributed by atoms with E-state index in [-0.39, 0.29) is 12.0 Å². The number of ether oxygens (including phenoxy) is 1. The standard InChI is InChI=1S/C16H31NO3/c1-14-3-2-6-16(11-14,13-19)12-17-7-4-15(5-8-17)20-10-9-18/h14-15,18-19H,2-13H2,1H3. The Kier molecular flexibility index (Phi) is 6.27. The van der Waals surface area contributed by atoms with E-state index in [1.165, 1.54) is 25.7 Å². The van der Waals surface area contributed by atoms with Crippen LogP contribution in [0.3, 0.4) is 0 Å². The molecule has 2 unspecified atom stereocenters. The van der Waals surface area contributed by atoms with E-state index in [1.54, 1.807) is 0 Å². The summed E-state index contributed by atoms with van der Waals surface area (Å²) < 4.78 is 5.61. The summed E-state index contributed by atoms with van der Waals surface area (Å²) in [6.45, 7) is 6.39. The third-order valence-electron chi connectivity index (χ3n) is 5.06. The summed E-state index contributed by atoms with van der Waals surface area (Å²) in [4.78, 5) is 2.51. The predicted octanol–water partition coefficient (Wildman–Crippen LogP) is 1.65. The first kappa shape index (κ1) is 16.2. The average molecular weight is 285 g/mol. The Morgan fingerprint density at radius 2 is 1.95 bits per heavy atom. The molecule has 0 amide bonds. The Labute approximate surface area is 123 Å². The van der Waals surface area contributed by atoms with Crippen molar-refractivity contribution in [3.63, 3.8) is 0 Å². The number of rotatable bonds is 6. The van der Waals surface area contributed by atoms with Gasteiger partial charge in [-0.2, -0.15) is 0 Å². The van der Waals surface area contributed by atoms with Crippen molar-refractivity contribution in [3.8, 4) is 0 Å². The van der Waals surface area contributed by atoms with Crippen molar-refractivity contribution in [1.29, 1.82) is 0 Å². The Balaban J connectivity index is 1.78. The van der Waals surface area contributed by atoms with Gasteiger partial charge in [-0.25, -0.2) is 0 Å². The molecule has 20 heavy (non-hydrogen) atoms. The minimum atomic E-state index is 0.117. The fraction of sp³-hybridized carbons (Fsp3) is 1.00. The third-order valence-corrected chi connectivity index (χ3v) is 5.06. The number of hydrogen-bond acceptors (Lipinski definition) is 4. The van der Waals surface area contributed by atoms with Gasteiger partial charge in [-0.15, -0.1) is 0 Å². The molecule has 2 rings (SSSR count). The van der Waals surface area contributed by atoms with Gasteiger partial charge in [0.25, 0.3) is 0 Å². The summed E-state index contributed by atoms with van der Waals surface area (Å²) in [5.74, 6) is 0.751. The van der Waals surface area contributed by atoms with Crippen LogP contribution in [0.5, 0.6) is 0 Å². The zero-order chi connectivity index (χ0) is 14.4. The van der Waals surface area contributed by atoms with Crippen molar-refractivity contribution in [1.82, 2.24) is 4.90 Å². The number of aliphatic hydroxyl groups excluding tert-OH is 2. The van der Waals surface area contributed by atoms with Gasteiger partial charge in [0.15, 0.2) is 0 Å². The van der Waals surface area contributed by atoms with E-state index in [0.29, 0.717) is 19.3 Å². The summed E-state index contributed by atoms with van der Waals surface area (Å²) >= 11 is 0. The van der Waals surface area contributed by atoms with Crippen molar-refractivity contribution in [2.45, 2.75) is 51.6 Å². The van der Waals surface area contributed by atoms with Gasteiger partial charge in [-0.1, -0.05) is 19.8 Å². The molecule has 0 spiro atoms. The quantitative estimate of drug-likeness (QED) is 0.779. The fourth-order valence-electron chi connectivity index (χ4n) is 4.03. The van der Waals surface area contributed by atoms with Gasteiger partial charge in [0.1, 0.15) is 0 Å². The van der Waals surface area contributed by atoms with E-state index in [1.807, 2.05) is 0 Å². The van der Waals surface area contributed by atoms with Gasteiger partial charge in [0.05, 0.1) is 19.3 Å². The number of likely N-dealkylation sites (tertiary alicyclic amines) is 1. The minimum Gasteiger partial charge on any atom is -0.396 e. The van der Waals surface area contributed by atoms with Crippen LogP contribution in [-0.2, 0) is 4.74 Å². The Morgan fingerprint density at radius 1 is 1.20 bits per heavy atom. The lowest BCUT2D eigenvalue weighted by Crippen LogP contribution is -2.47. The summed E-state index contributed by atoms with van der Waals surface area (Å²) in [7, 11) is 0. The first-order valence-corrected chi connectivity index (χ1v) is 8.23. The minimum absolute atomic E-state index is 0.117. The molecule has 1 saturated heterocycles. The molecule has 4 heteroatoms. The molecule has 1 aliphatic heterocycles. The molecule has 2 aliphatic rings. The predicted molar refractivity (Wildman–Crippen MR) is 79.7 cm³/mol. The highest BCUT2D eigenvalue weighted by molar-refractivity contribution is 4.89. The van der Waals surface area contributed by atoms with E-state index in [0.717, 1.165) is 38.4 Å². The van der Waals surface area contributed by atoms with Gasteiger partial charge in [-0.3, -0.25) is 0 Å². The van der Waals surface area contributed by atoms with E-state index in [4.69, 9.17) is 9.84 Å². The van der Waals surface area contributed by atoms with Crippen LogP contribution in [0, 0.1) is 11.3 Å².